The molecule has 1 rings (SSSR count). The molecule has 0 saturated heterocycles. The molecule has 3 heteroatoms. The van der Waals surface area contributed by atoms with Crippen molar-refractivity contribution in [1.29, 1.82) is 0 Å². The Balaban J connectivity index is 3.14. The highest BCUT2D eigenvalue weighted by Gasteiger charge is 2.16. The summed E-state index contributed by atoms with van der Waals surface area (Å²) in [5.41, 5.74) is 2.13. The average molecular weight is 221 g/mol. The van der Waals surface area contributed by atoms with E-state index in [4.69, 9.17) is 0 Å². The van der Waals surface area contributed by atoms with Crippen molar-refractivity contribution in [3.8, 4) is 0 Å². The van der Waals surface area contributed by atoms with Crippen molar-refractivity contribution >= 4 is 5.69 Å². The van der Waals surface area contributed by atoms with Gasteiger partial charge in [-0.2, -0.15) is 0 Å². The Hall–Kier alpha value is -1.38. The number of rotatable bonds is 4. The lowest BCUT2D eigenvalue weighted by atomic mass is 9.96. The first-order valence-corrected chi connectivity index (χ1v) is 5.69. The zero-order valence-electron chi connectivity index (χ0n) is 10.4. The van der Waals surface area contributed by atoms with Crippen LogP contribution in [0.1, 0.15) is 44.7 Å². The van der Waals surface area contributed by atoms with E-state index in [1.54, 1.807) is 6.07 Å². The quantitative estimate of drug-likeness (QED) is 0.571. The van der Waals surface area contributed by atoms with Crippen LogP contribution in [0.2, 0.25) is 0 Å². The maximum atomic E-state index is 11.0. The molecule has 0 saturated carbocycles. The Bertz CT molecular complexity index is 384. The topological polar surface area (TPSA) is 43.1 Å². The standard InChI is InChI=1S/C13H19NO2/c1-9(2)7-12-6-5-11(10(3)4)8-13(12)14(15)16/h5-6,8-10H,7H2,1-4H3. The van der Waals surface area contributed by atoms with E-state index in [1.807, 2.05) is 26.0 Å². The number of nitro benzene ring substituents is 1. The van der Waals surface area contributed by atoms with Crippen molar-refractivity contribution in [1.82, 2.24) is 0 Å². The van der Waals surface area contributed by atoms with Gasteiger partial charge in [-0.25, -0.2) is 0 Å². The molecular formula is C13H19NO2. The molecule has 0 bridgehead atoms. The lowest BCUT2D eigenvalue weighted by molar-refractivity contribution is -0.385. The maximum Gasteiger partial charge on any atom is 0.272 e. The smallest absolute Gasteiger partial charge is 0.258 e. The number of hydrogen-bond donors (Lipinski definition) is 0. The molecule has 3 nitrogen and oxygen atoms in total. The van der Waals surface area contributed by atoms with Crippen LogP contribution in [-0.2, 0) is 6.42 Å². The van der Waals surface area contributed by atoms with Crippen LogP contribution in [0.3, 0.4) is 0 Å². The SMILES string of the molecule is CC(C)Cc1ccc(C(C)C)cc1[N+](=O)[O-]. The van der Waals surface area contributed by atoms with Crippen LogP contribution < -0.4 is 0 Å². The molecule has 0 spiro atoms. The summed E-state index contributed by atoms with van der Waals surface area (Å²) < 4.78 is 0. The summed E-state index contributed by atoms with van der Waals surface area (Å²) in [5.74, 6) is 0.760. The molecule has 1 aromatic rings. The maximum absolute atomic E-state index is 11.0. The second-order valence-corrected chi connectivity index (χ2v) is 4.90. The summed E-state index contributed by atoms with van der Waals surface area (Å²) in [4.78, 5) is 10.7. The minimum Gasteiger partial charge on any atom is -0.258 e. The van der Waals surface area contributed by atoms with Crippen LogP contribution in [0, 0.1) is 16.0 Å². The van der Waals surface area contributed by atoms with Crippen LogP contribution in [0.5, 0.6) is 0 Å². The average Bonchev–Trinajstić information content (AvgIpc) is 2.16. The van der Waals surface area contributed by atoms with Crippen LogP contribution in [0.25, 0.3) is 0 Å². The Morgan fingerprint density at radius 2 is 1.88 bits per heavy atom. The van der Waals surface area contributed by atoms with Crippen molar-refractivity contribution in [2.75, 3.05) is 0 Å². The summed E-state index contributed by atoms with van der Waals surface area (Å²) in [6.45, 7) is 8.22. The molecule has 0 amide bonds. The molecule has 88 valence electrons. The molecule has 0 radical (unpaired) electrons. The lowest BCUT2D eigenvalue weighted by Gasteiger charge is -2.09. The van der Waals surface area contributed by atoms with Gasteiger partial charge in [-0.05, 0) is 23.8 Å². The van der Waals surface area contributed by atoms with Crippen molar-refractivity contribution in [2.24, 2.45) is 5.92 Å². The molecule has 0 aliphatic heterocycles. The predicted molar refractivity (Wildman–Crippen MR) is 65.7 cm³/mol. The van der Waals surface area contributed by atoms with Crippen LogP contribution in [0.4, 0.5) is 5.69 Å². The van der Waals surface area contributed by atoms with Gasteiger partial charge in [0.05, 0.1) is 4.92 Å². The van der Waals surface area contributed by atoms with Crippen molar-refractivity contribution in [3.05, 3.63) is 39.4 Å². The van der Waals surface area contributed by atoms with Crippen LogP contribution in [-0.4, -0.2) is 4.92 Å². The van der Waals surface area contributed by atoms with Gasteiger partial charge >= 0.3 is 0 Å². The molecular weight excluding hydrogens is 202 g/mol. The molecule has 0 unspecified atom stereocenters. The van der Waals surface area contributed by atoms with Gasteiger partial charge in [0.2, 0.25) is 0 Å². The Morgan fingerprint density at radius 3 is 2.31 bits per heavy atom. The highest BCUT2D eigenvalue weighted by molar-refractivity contribution is 5.44. The van der Waals surface area contributed by atoms with Gasteiger partial charge in [-0.3, -0.25) is 10.1 Å². The Labute approximate surface area is 96.6 Å². The van der Waals surface area contributed by atoms with Crippen LogP contribution in [0.15, 0.2) is 18.2 Å². The van der Waals surface area contributed by atoms with Crippen molar-refractivity contribution < 1.29 is 4.92 Å². The first-order chi connectivity index (χ1) is 7.41. The largest absolute Gasteiger partial charge is 0.272 e. The van der Waals surface area contributed by atoms with Gasteiger partial charge < -0.3 is 0 Å². The molecule has 0 N–H and O–H groups in total. The van der Waals surface area contributed by atoms with E-state index in [0.717, 1.165) is 17.5 Å². The summed E-state index contributed by atoms with van der Waals surface area (Å²) >= 11 is 0. The molecule has 0 aromatic heterocycles. The Kier molecular flexibility index (Phi) is 4.05. The Morgan fingerprint density at radius 1 is 1.25 bits per heavy atom. The summed E-state index contributed by atoms with van der Waals surface area (Å²) in [7, 11) is 0. The van der Waals surface area contributed by atoms with E-state index in [-0.39, 0.29) is 10.6 Å². The monoisotopic (exact) mass is 221 g/mol. The molecule has 0 atom stereocenters. The number of nitrogens with zero attached hydrogens (tertiary/aromatic N) is 1. The second kappa shape index (κ2) is 5.10. The van der Waals surface area contributed by atoms with Gasteiger partial charge in [0.25, 0.3) is 5.69 Å². The van der Waals surface area contributed by atoms with Crippen molar-refractivity contribution in [3.63, 3.8) is 0 Å². The molecule has 1 aromatic carbocycles. The van der Waals surface area contributed by atoms with E-state index in [0.29, 0.717) is 11.8 Å². The molecule has 16 heavy (non-hydrogen) atoms. The first-order valence-electron chi connectivity index (χ1n) is 5.69. The van der Waals surface area contributed by atoms with Crippen LogP contribution >= 0.6 is 0 Å². The molecule has 0 heterocycles. The number of hydrogen-bond acceptors (Lipinski definition) is 2. The fourth-order valence-corrected chi connectivity index (χ4v) is 1.72. The lowest BCUT2D eigenvalue weighted by Crippen LogP contribution is -2.01. The van der Waals surface area contributed by atoms with Gasteiger partial charge in [-0.15, -0.1) is 0 Å². The number of benzene rings is 1. The summed E-state index contributed by atoms with van der Waals surface area (Å²) in [6.07, 6.45) is 0.759. The minimum absolute atomic E-state index is 0.264. The number of nitro groups is 1. The highest BCUT2D eigenvalue weighted by Crippen LogP contribution is 2.26. The fraction of sp³-hybridized carbons (Fsp3) is 0.538. The summed E-state index contributed by atoms with van der Waals surface area (Å²) in [6, 6.07) is 5.60. The van der Waals surface area contributed by atoms with E-state index in [9.17, 15) is 10.1 Å². The fourth-order valence-electron chi connectivity index (χ4n) is 1.72. The zero-order valence-corrected chi connectivity index (χ0v) is 10.4. The minimum atomic E-state index is -0.274. The molecule has 0 fully saturated rings. The van der Waals surface area contributed by atoms with Gasteiger partial charge in [0, 0.05) is 11.6 Å². The van der Waals surface area contributed by atoms with Crippen molar-refractivity contribution in [2.45, 2.75) is 40.0 Å². The summed E-state index contributed by atoms with van der Waals surface area (Å²) in [5, 5.41) is 11.0. The van der Waals surface area contributed by atoms with E-state index < -0.39 is 0 Å². The van der Waals surface area contributed by atoms with Gasteiger partial charge in [0.15, 0.2) is 0 Å². The third-order valence-corrected chi connectivity index (χ3v) is 2.60. The van der Waals surface area contributed by atoms with Gasteiger partial charge in [-0.1, -0.05) is 39.8 Å². The van der Waals surface area contributed by atoms with E-state index in [2.05, 4.69) is 13.8 Å². The zero-order chi connectivity index (χ0) is 12.3. The predicted octanol–water partition coefficient (Wildman–Crippen LogP) is 3.92. The second-order valence-electron chi connectivity index (χ2n) is 4.90. The molecule has 0 aliphatic rings. The van der Waals surface area contributed by atoms with E-state index >= 15 is 0 Å². The molecule has 0 aliphatic carbocycles. The normalized spacial score (nSPS) is 11.1. The third-order valence-electron chi connectivity index (χ3n) is 2.60. The highest BCUT2D eigenvalue weighted by atomic mass is 16.6. The van der Waals surface area contributed by atoms with E-state index in [1.165, 1.54) is 0 Å². The third kappa shape index (κ3) is 3.05. The van der Waals surface area contributed by atoms with Gasteiger partial charge in [0.1, 0.15) is 0 Å². The first kappa shape index (κ1) is 12.7.